The molecule has 18 heavy (non-hydrogen) atoms. The summed E-state index contributed by atoms with van der Waals surface area (Å²) >= 11 is 0. The van der Waals surface area contributed by atoms with Gasteiger partial charge in [-0.05, 0) is 36.6 Å². The van der Waals surface area contributed by atoms with Gasteiger partial charge in [-0.1, -0.05) is 38.7 Å². The summed E-state index contributed by atoms with van der Waals surface area (Å²) in [6.07, 6.45) is 6.16. The van der Waals surface area contributed by atoms with Gasteiger partial charge >= 0.3 is 0 Å². The molecular formula is C15H26N2O. The minimum absolute atomic E-state index is 0.243. The zero-order chi connectivity index (χ0) is 13.4. The molecule has 0 aliphatic heterocycles. The van der Waals surface area contributed by atoms with Crippen LogP contribution in [-0.4, -0.2) is 7.11 Å². The predicted octanol–water partition coefficient (Wildman–Crippen LogP) is 3.48. The van der Waals surface area contributed by atoms with E-state index in [-0.39, 0.29) is 6.04 Å². The highest BCUT2D eigenvalue weighted by molar-refractivity contribution is 5.36. The van der Waals surface area contributed by atoms with Gasteiger partial charge in [0.2, 0.25) is 0 Å². The fraction of sp³-hybridized carbons (Fsp3) is 0.600. The molecule has 102 valence electrons. The molecular weight excluding hydrogens is 224 g/mol. The van der Waals surface area contributed by atoms with Crippen molar-refractivity contribution in [1.82, 2.24) is 5.43 Å². The van der Waals surface area contributed by atoms with Crippen LogP contribution in [0.2, 0.25) is 0 Å². The highest BCUT2D eigenvalue weighted by Gasteiger charge is 2.12. The van der Waals surface area contributed by atoms with Crippen LogP contribution in [-0.2, 0) is 0 Å². The van der Waals surface area contributed by atoms with Crippen molar-refractivity contribution >= 4 is 0 Å². The number of aryl methyl sites for hydroxylation is 1. The van der Waals surface area contributed by atoms with Gasteiger partial charge in [0.15, 0.2) is 0 Å². The Morgan fingerprint density at radius 3 is 2.61 bits per heavy atom. The maximum atomic E-state index is 5.68. The van der Waals surface area contributed by atoms with E-state index in [9.17, 15) is 0 Å². The summed E-state index contributed by atoms with van der Waals surface area (Å²) in [6.45, 7) is 4.33. The molecule has 0 aliphatic carbocycles. The molecule has 0 saturated heterocycles. The number of benzene rings is 1. The summed E-state index contributed by atoms with van der Waals surface area (Å²) in [5, 5.41) is 0. The Balaban J connectivity index is 2.63. The van der Waals surface area contributed by atoms with Crippen LogP contribution in [0.4, 0.5) is 0 Å². The highest BCUT2D eigenvalue weighted by Crippen LogP contribution is 2.25. The van der Waals surface area contributed by atoms with Crippen LogP contribution >= 0.6 is 0 Å². The third-order valence-corrected chi connectivity index (χ3v) is 3.40. The maximum absolute atomic E-state index is 5.68. The number of unbranched alkanes of at least 4 members (excludes halogenated alkanes) is 3. The fourth-order valence-electron chi connectivity index (χ4n) is 2.27. The fourth-order valence-corrected chi connectivity index (χ4v) is 2.27. The normalized spacial score (nSPS) is 12.4. The Morgan fingerprint density at radius 2 is 2.06 bits per heavy atom. The van der Waals surface area contributed by atoms with Gasteiger partial charge in [0.05, 0.1) is 7.11 Å². The zero-order valence-electron chi connectivity index (χ0n) is 11.8. The van der Waals surface area contributed by atoms with Crippen molar-refractivity contribution < 1.29 is 4.74 Å². The number of hydrogen-bond acceptors (Lipinski definition) is 3. The van der Waals surface area contributed by atoms with Crippen molar-refractivity contribution in [2.45, 2.75) is 52.0 Å². The van der Waals surface area contributed by atoms with Crippen molar-refractivity contribution in [3.8, 4) is 5.75 Å². The molecule has 0 saturated carbocycles. The van der Waals surface area contributed by atoms with E-state index in [4.69, 9.17) is 10.6 Å². The second-order valence-corrected chi connectivity index (χ2v) is 4.79. The molecule has 3 N–H and O–H groups in total. The van der Waals surface area contributed by atoms with Crippen LogP contribution in [0.1, 0.15) is 56.2 Å². The van der Waals surface area contributed by atoms with E-state index in [0.29, 0.717) is 0 Å². The lowest BCUT2D eigenvalue weighted by Gasteiger charge is -2.19. The van der Waals surface area contributed by atoms with Crippen molar-refractivity contribution in [3.63, 3.8) is 0 Å². The smallest absolute Gasteiger partial charge is 0.119 e. The van der Waals surface area contributed by atoms with E-state index in [2.05, 4.69) is 31.4 Å². The van der Waals surface area contributed by atoms with Gasteiger partial charge < -0.3 is 4.74 Å². The predicted molar refractivity (Wildman–Crippen MR) is 76.6 cm³/mol. The van der Waals surface area contributed by atoms with Crippen LogP contribution < -0.4 is 16.0 Å². The zero-order valence-corrected chi connectivity index (χ0v) is 11.8. The molecule has 1 atom stereocenters. The standard InChI is InChI=1S/C15H26N2O/c1-4-5-6-7-8-15(17-16)14-10-9-13(18-3)11-12(14)2/h9-11,15,17H,4-8,16H2,1-3H3. The van der Waals surface area contributed by atoms with E-state index in [1.54, 1.807) is 7.11 Å². The quantitative estimate of drug-likeness (QED) is 0.422. The summed E-state index contributed by atoms with van der Waals surface area (Å²) in [7, 11) is 1.69. The van der Waals surface area contributed by atoms with Crippen LogP contribution in [0.15, 0.2) is 18.2 Å². The molecule has 3 nitrogen and oxygen atoms in total. The number of ether oxygens (including phenoxy) is 1. The second kappa shape index (κ2) is 8.11. The van der Waals surface area contributed by atoms with Gasteiger partial charge in [-0.2, -0.15) is 0 Å². The molecule has 0 aromatic heterocycles. The Bertz CT molecular complexity index is 352. The van der Waals surface area contributed by atoms with Gasteiger partial charge in [-0.15, -0.1) is 0 Å². The Hall–Kier alpha value is -1.06. The molecule has 0 radical (unpaired) electrons. The molecule has 3 heteroatoms. The lowest BCUT2D eigenvalue weighted by molar-refractivity contribution is 0.413. The van der Waals surface area contributed by atoms with E-state index >= 15 is 0 Å². The lowest BCUT2D eigenvalue weighted by atomic mass is 9.96. The molecule has 1 unspecified atom stereocenters. The van der Waals surface area contributed by atoms with E-state index < -0.39 is 0 Å². The van der Waals surface area contributed by atoms with Crippen LogP contribution in [0.3, 0.4) is 0 Å². The summed E-state index contributed by atoms with van der Waals surface area (Å²) in [5.41, 5.74) is 5.44. The second-order valence-electron chi connectivity index (χ2n) is 4.79. The number of rotatable bonds is 8. The number of methoxy groups -OCH3 is 1. The minimum atomic E-state index is 0.243. The summed E-state index contributed by atoms with van der Waals surface area (Å²) in [6, 6.07) is 6.41. The van der Waals surface area contributed by atoms with E-state index in [0.717, 1.165) is 12.2 Å². The first kappa shape index (κ1) is 15.0. The first-order valence-corrected chi connectivity index (χ1v) is 6.83. The highest BCUT2D eigenvalue weighted by atomic mass is 16.5. The topological polar surface area (TPSA) is 47.3 Å². The third kappa shape index (κ3) is 4.31. The molecule has 1 aromatic rings. The summed E-state index contributed by atoms with van der Waals surface area (Å²) in [5.74, 6) is 6.58. The van der Waals surface area contributed by atoms with Crippen LogP contribution in [0.25, 0.3) is 0 Å². The first-order valence-electron chi connectivity index (χ1n) is 6.83. The number of hydrazine groups is 1. The Labute approximate surface area is 111 Å². The van der Waals surface area contributed by atoms with Crippen molar-refractivity contribution in [1.29, 1.82) is 0 Å². The molecule has 1 rings (SSSR count). The largest absolute Gasteiger partial charge is 0.497 e. The van der Waals surface area contributed by atoms with Gasteiger partial charge in [0.25, 0.3) is 0 Å². The summed E-state index contributed by atoms with van der Waals surface area (Å²) in [4.78, 5) is 0. The number of nitrogens with one attached hydrogen (secondary N) is 1. The van der Waals surface area contributed by atoms with Crippen LogP contribution in [0.5, 0.6) is 5.75 Å². The van der Waals surface area contributed by atoms with Crippen molar-refractivity contribution in [2.24, 2.45) is 5.84 Å². The monoisotopic (exact) mass is 250 g/mol. The Morgan fingerprint density at radius 1 is 1.28 bits per heavy atom. The maximum Gasteiger partial charge on any atom is 0.119 e. The lowest BCUT2D eigenvalue weighted by Crippen LogP contribution is -2.28. The minimum Gasteiger partial charge on any atom is -0.497 e. The third-order valence-electron chi connectivity index (χ3n) is 3.40. The van der Waals surface area contributed by atoms with Gasteiger partial charge in [0.1, 0.15) is 5.75 Å². The van der Waals surface area contributed by atoms with E-state index in [1.165, 1.54) is 36.8 Å². The molecule has 0 amide bonds. The molecule has 1 aromatic carbocycles. The molecule has 0 bridgehead atoms. The first-order chi connectivity index (χ1) is 8.72. The van der Waals surface area contributed by atoms with Crippen molar-refractivity contribution in [2.75, 3.05) is 7.11 Å². The molecule has 0 spiro atoms. The average molecular weight is 250 g/mol. The van der Waals surface area contributed by atoms with Crippen molar-refractivity contribution in [3.05, 3.63) is 29.3 Å². The van der Waals surface area contributed by atoms with Gasteiger partial charge in [-0.3, -0.25) is 11.3 Å². The number of nitrogens with two attached hydrogens (primary N) is 1. The van der Waals surface area contributed by atoms with E-state index in [1.807, 2.05) is 6.07 Å². The summed E-state index contributed by atoms with van der Waals surface area (Å²) < 4.78 is 5.22. The number of hydrogen-bond donors (Lipinski definition) is 2. The average Bonchev–Trinajstić information content (AvgIpc) is 2.39. The van der Waals surface area contributed by atoms with Crippen LogP contribution in [0, 0.1) is 6.92 Å². The molecule has 0 aliphatic rings. The molecule has 0 fully saturated rings. The van der Waals surface area contributed by atoms with Gasteiger partial charge in [-0.25, -0.2) is 0 Å². The molecule has 0 heterocycles. The Kier molecular flexibility index (Phi) is 6.76. The SMILES string of the molecule is CCCCCCC(NN)c1ccc(OC)cc1C. The van der Waals surface area contributed by atoms with Gasteiger partial charge in [0, 0.05) is 6.04 Å².